The van der Waals surface area contributed by atoms with Crippen molar-refractivity contribution < 1.29 is 28.7 Å². The fourth-order valence-corrected chi connectivity index (χ4v) is 2.61. The molecule has 0 bridgehead atoms. The van der Waals surface area contributed by atoms with E-state index in [0.717, 1.165) is 12.8 Å². The predicted octanol–water partition coefficient (Wildman–Crippen LogP) is 1.76. The molecule has 1 aliphatic carbocycles. The molecule has 2 radical (unpaired) electrons. The first kappa shape index (κ1) is 17.7. The van der Waals surface area contributed by atoms with Gasteiger partial charge in [-0.25, -0.2) is 4.79 Å². The number of rotatable bonds is 10. The largest absolute Gasteiger partial charge is 0.442 e. The lowest BCUT2D eigenvalue weighted by molar-refractivity contribution is -0.115. The van der Waals surface area contributed by atoms with Gasteiger partial charge in [0.1, 0.15) is 0 Å². The van der Waals surface area contributed by atoms with Crippen LogP contribution in [-0.4, -0.2) is 35.7 Å². The van der Waals surface area contributed by atoms with Gasteiger partial charge in [0.15, 0.2) is 11.9 Å². The van der Waals surface area contributed by atoms with Gasteiger partial charge in [-0.3, -0.25) is 19.2 Å². The molecule has 6 nitrogen and oxygen atoms in total. The minimum Gasteiger partial charge on any atom is -0.442 e. The smallest absolute Gasteiger partial charge is 0.418 e. The molecule has 1 aliphatic rings. The first-order valence-electron chi connectivity index (χ1n) is 7.57. The molecular formula is C18H16O6. The first-order chi connectivity index (χ1) is 11.5. The molecule has 6 heteroatoms. The van der Waals surface area contributed by atoms with Crippen LogP contribution in [0.5, 0.6) is 0 Å². The summed E-state index contributed by atoms with van der Waals surface area (Å²) in [6, 6.07) is 5.88. The van der Waals surface area contributed by atoms with Crippen molar-refractivity contribution in [3.8, 4) is 0 Å². The Bertz CT molecular complexity index is 689. The highest BCUT2D eigenvalue weighted by Crippen LogP contribution is 2.43. The zero-order chi connectivity index (χ0) is 17.7. The standard InChI is InChI=1S/C18H16O6/c1-18(24-11-20,12-8-9-12)17(23)14-6-3-2-5-13(14)16(22)15(21)7-4-10-19/h2-3,5-6,12H,4,7-9H2,1H3. The minimum atomic E-state index is -1.41. The Morgan fingerprint density at radius 3 is 2.33 bits per heavy atom. The zero-order valence-electron chi connectivity index (χ0n) is 13.2. The van der Waals surface area contributed by atoms with Crippen LogP contribution in [0, 0.1) is 5.92 Å². The average molecular weight is 328 g/mol. The van der Waals surface area contributed by atoms with Crippen molar-refractivity contribution in [1.29, 1.82) is 0 Å². The van der Waals surface area contributed by atoms with Crippen molar-refractivity contribution in [3.63, 3.8) is 0 Å². The van der Waals surface area contributed by atoms with Gasteiger partial charge in [-0.1, -0.05) is 24.3 Å². The maximum absolute atomic E-state index is 12.9. The molecule has 124 valence electrons. The molecular weight excluding hydrogens is 312 g/mol. The molecule has 1 atom stereocenters. The van der Waals surface area contributed by atoms with Crippen LogP contribution >= 0.6 is 0 Å². The number of carbonyl (C=O) groups excluding carboxylic acids is 5. The molecule has 24 heavy (non-hydrogen) atoms. The van der Waals surface area contributed by atoms with Crippen LogP contribution in [0.3, 0.4) is 0 Å². The number of ether oxygens (including phenoxy) is 1. The highest BCUT2D eigenvalue weighted by atomic mass is 16.5. The summed E-state index contributed by atoms with van der Waals surface area (Å²) in [5.41, 5.74) is -1.44. The molecule has 1 fully saturated rings. The summed E-state index contributed by atoms with van der Waals surface area (Å²) in [6.45, 7) is 2.80. The van der Waals surface area contributed by atoms with Gasteiger partial charge in [0.05, 0.1) is 0 Å². The predicted molar refractivity (Wildman–Crippen MR) is 82.9 cm³/mol. The normalized spacial score (nSPS) is 15.9. The fourth-order valence-electron chi connectivity index (χ4n) is 2.61. The van der Waals surface area contributed by atoms with Crippen LogP contribution in [-0.2, 0) is 19.1 Å². The lowest BCUT2D eigenvalue weighted by Crippen LogP contribution is -2.41. The van der Waals surface area contributed by atoms with Gasteiger partial charge in [-0.2, -0.15) is 0 Å². The molecule has 0 amide bonds. The van der Waals surface area contributed by atoms with Gasteiger partial charge in [-0.05, 0) is 19.8 Å². The Balaban J connectivity index is 2.35. The summed E-state index contributed by atoms with van der Waals surface area (Å²) < 4.78 is 4.93. The molecule has 2 rings (SSSR count). The summed E-state index contributed by atoms with van der Waals surface area (Å²) in [5, 5.41) is 0. The van der Waals surface area contributed by atoms with E-state index in [2.05, 4.69) is 0 Å². The summed E-state index contributed by atoms with van der Waals surface area (Å²) >= 11 is 0. The van der Waals surface area contributed by atoms with Crippen LogP contribution in [0.4, 0.5) is 0 Å². The third-order valence-electron chi connectivity index (χ3n) is 4.18. The van der Waals surface area contributed by atoms with Gasteiger partial charge in [0.25, 0.3) is 0 Å². The molecule has 1 saturated carbocycles. The van der Waals surface area contributed by atoms with Gasteiger partial charge < -0.3 is 4.74 Å². The molecule has 0 heterocycles. The van der Waals surface area contributed by atoms with Crippen molar-refractivity contribution in [2.45, 2.75) is 38.2 Å². The third-order valence-corrected chi connectivity index (χ3v) is 4.18. The number of carbonyl (C=O) groups is 3. The van der Waals surface area contributed by atoms with Crippen molar-refractivity contribution in [2.24, 2.45) is 5.92 Å². The molecule has 0 aromatic heterocycles. The van der Waals surface area contributed by atoms with Crippen molar-refractivity contribution >= 4 is 30.1 Å². The number of hydrogen-bond donors (Lipinski definition) is 0. The van der Waals surface area contributed by atoms with E-state index in [1.165, 1.54) is 31.6 Å². The van der Waals surface area contributed by atoms with E-state index in [-0.39, 0.29) is 29.9 Å². The highest BCUT2D eigenvalue weighted by Gasteiger charge is 2.50. The average Bonchev–Trinajstić information content (AvgIpc) is 3.44. The second-order valence-electron chi connectivity index (χ2n) is 5.84. The van der Waals surface area contributed by atoms with Gasteiger partial charge >= 0.3 is 6.47 Å². The molecule has 0 saturated heterocycles. The van der Waals surface area contributed by atoms with E-state index < -0.39 is 23.0 Å². The van der Waals surface area contributed by atoms with Gasteiger partial charge in [-0.15, -0.1) is 0 Å². The van der Waals surface area contributed by atoms with Crippen molar-refractivity contribution in [1.82, 2.24) is 0 Å². The maximum atomic E-state index is 12.9. The quantitative estimate of drug-likeness (QED) is 0.480. The lowest BCUT2D eigenvalue weighted by atomic mass is 9.86. The van der Waals surface area contributed by atoms with E-state index in [0.29, 0.717) is 0 Å². The van der Waals surface area contributed by atoms with E-state index in [9.17, 15) is 24.0 Å². The van der Waals surface area contributed by atoms with Crippen LogP contribution in [0.2, 0.25) is 0 Å². The molecule has 0 aliphatic heterocycles. The lowest BCUT2D eigenvalue weighted by Gasteiger charge is -2.26. The fraction of sp³-hybridized carbons (Fsp3) is 0.389. The summed E-state index contributed by atoms with van der Waals surface area (Å²) in [7, 11) is 0. The van der Waals surface area contributed by atoms with Crippen LogP contribution < -0.4 is 0 Å². The van der Waals surface area contributed by atoms with E-state index in [1.54, 1.807) is 12.4 Å². The van der Waals surface area contributed by atoms with E-state index in [4.69, 9.17) is 4.74 Å². The number of Topliss-reactive ketones (excluding diaryl/α,β-unsaturated/α-hetero) is 3. The maximum Gasteiger partial charge on any atom is 0.418 e. The molecule has 1 aromatic carbocycles. The Morgan fingerprint density at radius 1 is 1.17 bits per heavy atom. The van der Waals surface area contributed by atoms with Crippen molar-refractivity contribution in [3.05, 3.63) is 35.4 Å². The van der Waals surface area contributed by atoms with Crippen LogP contribution in [0.15, 0.2) is 24.3 Å². The number of benzene rings is 1. The van der Waals surface area contributed by atoms with Gasteiger partial charge in [0, 0.05) is 29.9 Å². The number of ketones is 3. The Kier molecular flexibility index (Phi) is 5.39. The molecule has 0 N–H and O–H groups in total. The monoisotopic (exact) mass is 328 g/mol. The summed E-state index contributed by atoms with van der Waals surface area (Å²) in [5.74, 6) is -2.28. The molecule has 1 unspecified atom stereocenters. The van der Waals surface area contributed by atoms with Crippen molar-refractivity contribution in [2.75, 3.05) is 0 Å². The Hall–Kier alpha value is -2.63. The second-order valence-corrected chi connectivity index (χ2v) is 5.84. The highest BCUT2D eigenvalue weighted by molar-refractivity contribution is 6.45. The first-order valence-corrected chi connectivity index (χ1v) is 7.57. The summed E-state index contributed by atoms with van der Waals surface area (Å²) in [6.07, 6.45) is 2.58. The summed E-state index contributed by atoms with van der Waals surface area (Å²) in [4.78, 5) is 57.9. The Morgan fingerprint density at radius 2 is 1.79 bits per heavy atom. The number of hydrogen-bond acceptors (Lipinski definition) is 6. The second kappa shape index (κ2) is 7.29. The van der Waals surface area contributed by atoms with Crippen LogP contribution in [0.25, 0.3) is 0 Å². The Labute approximate surface area is 139 Å². The van der Waals surface area contributed by atoms with Gasteiger partial charge in [0.2, 0.25) is 17.3 Å². The minimum absolute atomic E-state index is 0.0237. The van der Waals surface area contributed by atoms with E-state index >= 15 is 0 Å². The molecule has 1 aromatic rings. The van der Waals surface area contributed by atoms with Crippen LogP contribution in [0.1, 0.15) is 53.3 Å². The third kappa shape index (κ3) is 3.48. The SMILES string of the molecule is CC(O[C]=O)(C(=O)c1ccccc1C(=O)C(=O)CC[C]=O)C1CC1. The molecule has 0 spiro atoms. The van der Waals surface area contributed by atoms with E-state index in [1.807, 2.05) is 0 Å². The topological polar surface area (TPSA) is 94.6 Å². The zero-order valence-corrected chi connectivity index (χ0v) is 13.2.